The van der Waals surface area contributed by atoms with Crippen molar-refractivity contribution >= 4 is 0 Å². The molecule has 0 amide bonds. The van der Waals surface area contributed by atoms with E-state index >= 15 is 0 Å². The third kappa shape index (κ3) is 3.39. The van der Waals surface area contributed by atoms with E-state index in [-0.39, 0.29) is 0 Å². The van der Waals surface area contributed by atoms with Gasteiger partial charge in [-0.25, -0.2) is 0 Å². The number of rotatable bonds is 1. The molecule has 0 saturated carbocycles. The van der Waals surface area contributed by atoms with Crippen molar-refractivity contribution in [2.75, 3.05) is 33.2 Å². The molecule has 1 unspecified atom stereocenters. The van der Waals surface area contributed by atoms with Crippen LogP contribution in [0.4, 0.5) is 0 Å². The molecule has 2 rings (SSSR count). The van der Waals surface area contributed by atoms with Crippen molar-refractivity contribution in [3.8, 4) is 0 Å². The molecule has 0 bridgehead atoms. The minimum atomic E-state index is 0.328. The Morgan fingerprint density at radius 2 is 1.80 bits per heavy atom. The summed E-state index contributed by atoms with van der Waals surface area (Å²) in [6.07, 6.45) is 2.37. The molecule has 2 aliphatic rings. The number of hydrogen-bond donors (Lipinski definition) is 2. The molecule has 0 radical (unpaired) electrons. The van der Waals surface area contributed by atoms with Crippen molar-refractivity contribution in [1.29, 1.82) is 0 Å². The van der Waals surface area contributed by atoms with Crippen LogP contribution in [0, 0.1) is 0 Å². The number of likely N-dealkylation sites (N-methyl/N-ethyl adjacent to an activating group) is 1. The van der Waals surface area contributed by atoms with E-state index < -0.39 is 0 Å². The van der Waals surface area contributed by atoms with Gasteiger partial charge in [-0.1, -0.05) is 13.8 Å². The van der Waals surface area contributed by atoms with E-state index in [0.717, 1.165) is 13.1 Å². The Labute approximate surface area is 93.3 Å². The first-order valence-corrected chi connectivity index (χ1v) is 5.88. The van der Waals surface area contributed by atoms with Crippen LogP contribution in [0.5, 0.6) is 0 Å². The molecule has 2 aliphatic heterocycles. The Hall–Kier alpha value is -0.740. The fourth-order valence-corrected chi connectivity index (χ4v) is 1.78. The lowest BCUT2D eigenvalue weighted by Crippen LogP contribution is -2.56. The topological polar surface area (TPSA) is 30.5 Å². The van der Waals surface area contributed by atoms with Gasteiger partial charge in [0.2, 0.25) is 0 Å². The number of nitrogens with zero attached hydrogens (tertiary/aromatic N) is 2. The van der Waals surface area contributed by atoms with Crippen LogP contribution in [0.15, 0.2) is 11.9 Å². The van der Waals surface area contributed by atoms with E-state index in [0.29, 0.717) is 6.29 Å². The van der Waals surface area contributed by atoms with Crippen molar-refractivity contribution in [3.63, 3.8) is 0 Å². The maximum absolute atomic E-state index is 3.40. The quantitative estimate of drug-likeness (QED) is 0.666. The molecule has 15 heavy (non-hydrogen) atoms. The molecular weight excluding hydrogens is 188 g/mol. The predicted octanol–water partition coefficient (Wildman–Crippen LogP) is 0.598. The maximum atomic E-state index is 3.40. The minimum absolute atomic E-state index is 0.328. The smallest absolute Gasteiger partial charge is 0.155 e. The second-order valence-corrected chi connectivity index (χ2v) is 3.88. The van der Waals surface area contributed by atoms with Crippen LogP contribution in [-0.4, -0.2) is 49.3 Å². The van der Waals surface area contributed by atoms with Crippen LogP contribution in [0.3, 0.4) is 0 Å². The Morgan fingerprint density at radius 3 is 2.27 bits per heavy atom. The molecule has 2 heterocycles. The molecule has 0 aliphatic carbocycles. The first-order chi connectivity index (χ1) is 7.25. The van der Waals surface area contributed by atoms with Crippen molar-refractivity contribution in [2.24, 2.45) is 0 Å². The highest BCUT2D eigenvalue weighted by atomic mass is 15.4. The zero-order valence-corrected chi connectivity index (χ0v) is 10.4. The molecule has 1 fully saturated rings. The van der Waals surface area contributed by atoms with Gasteiger partial charge in [0.25, 0.3) is 0 Å². The van der Waals surface area contributed by atoms with Gasteiger partial charge in [-0.3, -0.25) is 4.90 Å². The SMILES string of the molecule is CC.CC1=CNC(N2CCN(C)CC2)N1. The van der Waals surface area contributed by atoms with Crippen molar-refractivity contribution in [1.82, 2.24) is 20.4 Å². The number of nitrogens with one attached hydrogen (secondary N) is 2. The van der Waals surface area contributed by atoms with Gasteiger partial charge in [0.15, 0.2) is 6.29 Å². The summed E-state index contributed by atoms with van der Waals surface area (Å²) < 4.78 is 0. The lowest BCUT2D eigenvalue weighted by Gasteiger charge is -2.36. The largest absolute Gasteiger partial charge is 0.357 e. The molecular formula is C11H24N4. The zero-order valence-electron chi connectivity index (χ0n) is 10.4. The van der Waals surface area contributed by atoms with Crippen molar-refractivity contribution in [3.05, 3.63) is 11.9 Å². The van der Waals surface area contributed by atoms with E-state index in [1.54, 1.807) is 0 Å². The Balaban J connectivity index is 0.000000531. The summed E-state index contributed by atoms with van der Waals surface area (Å²) in [5, 5.41) is 6.72. The summed E-state index contributed by atoms with van der Waals surface area (Å²) in [6.45, 7) is 10.7. The first kappa shape index (κ1) is 12.3. The van der Waals surface area contributed by atoms with Gasteiger partial charge in [0, 0.05) is 38.1 Å². The molecule has 1 saturated heterocycles. The standard InChI is InChI=1S/C9H18N4.C2H6/c1-8-7-10-9(11-8)13-5-3-12(2)4-6-13;1-2/h7,9-11H,3-6H2,1-2H3;1-2H3. The van der Waals surface area contributed by atoms with Crippen molar-refractivity contribution < 1.29 is 0 Å². The van der Waals surface area contributed by atoms with Gasteiger partial charge >= 0.3 is 0 Å². The normalized spacial score (nSPS) is 27.2. The van der Waals surface area contributed by atoms with E-state index in [2.05, 4.69) is 34.4 Å². The fourth-order valence-electron chi connectivity index (χ4n) is 1.78. The highest BCUT2D eigenvalue weighted by molar-refractivity contribution is 5.03. The molecule has 0 spiro atoms. The summed E-state index contributed by atoms with van der Waals surface area (Å²) in [7, 11) is 2.18. The van der Waals surface area contributed by atoms with Crippen molar-refractivity contribution in [2.45, 2.75) is 27.1 Å². The first-order valence-electron chi connectivity index (χ1n) is 5.88. The number of allylic oxidation sites excluding steroid dienone is 1. The van der Waals surface area contributed by atoms with Crippen LogP contribution >= 0.6 is 0 Å². The summed E-state index contributed by atoms with van der Waals surface area (Å²) in [4.78, 5) is 4.80. The van der Waals surface area contributed by atoms with Crippen LogP contribution in [0.1, 0.15) is 20.8 Å². The van der Waals surface area contributed by atoms with Gasteiger partial charge in [0.1, 0.15) is 0 Å². The van der Waals surface area contributed by atoms with Crippen LogP contribution in [-0.2, 0) is 0 Å². The van der Waals surface area contributed by atoms with Gasteiger partial charge in [0.05, 0.1) is 0 Å². The third-order valence-corrected chi connectivity index (χ3v) is 2.73. The third-order valence-electron chi connectivity index (χ3n) is 2.73. The Bertz CT molecular complexity index is 207. The molecule has 0 aromatic carbocycles. The molecule has 88 valence electrons. The van der Waals surface area contributed by atoms with Gasteiger partial charge in [-0.05, 0) is 14.0 Å². The zero-order chi connectivity index (χ0) is 11.3. The average Bonchev–Trinajstić information content (AvgIpc) is 2.69. The van der Waals surface area contributed by atoms with E-state index in [1.165, 1.54) is 18.8 Å². The molecule has 4 nitrogen and oxygen atoms in total. The summed E-state index contributed by atoms with van der Waals surface area (Å²) >= 11 is 0. The predicted molar refractivity (Wildman–Crippen MR) is 64.2 cm³/mol. The summed E-state index contributed by atoms with van der Waals surface area (Å²) in [6, 6.07) is 0. The minimum Gasteiger partial charge on any atom is -0.357 e. The van der Waals surface area contributed by atoms with Crippen LogP contribution in [0.2, 0.25) is 0 Å². The van der Waals surface area contributed by atoms with Gasteiger partial charge in [-0.15, -0.1) is 0 Å². The molecule has 1 atom stereocenters. The van der Waals surface area contributed by atoms with Gasteiger partial charge in [-0.2, -0.15) is 0 Å². The fraction of sp³-hybridized carbons (Fsp3) is 0.818. The highest BCUT2D eigenvalue weighted by Crippen LogP contribution is 2.06. The maximum Gasteiger partial charge on any atom is 0.155 e. The molecule has 0 aromatic heterocycles. The Morgan fingerprint density at radius 1 is 1.20 bits per heavy atom. The molecule has 4 heteroatoms. The second-order valence-electron chi connectivity index (χ2n) is 3.88. The molecule has 2 N–H and O–H groups in total. The monoisotopic (exact) mass is 212 g/mol. The second kappa shape index (κ2) is 5.98. The van der Waals surface area contributed by atoms with E-state index in [4.69, 9.17) is 0 Å². The Kier molecular flexibility index (Phi) is 4.91. The van der Waals surface area contributed by atoms with Crippen LogP contribution < -0.4 is 10.6 Å². The highest BCUT2D eigenvalue weighted by Gasteiger charge is 2.23. The number of hydrogen-bond acceptors (Lipinski definition) is 4. The summed E-state index contributed by atoms with van der Waals surface area (Å²) in [5.74, 6) is 0. The van der Waals surface area contributed by atoms with Crippen LogP contribution in [0.25, 0.3) is 0 Å². The lowest BCUT2D eigenvalue weighted by molar-refractivity contribution is 0.0950. The summed E-state index contributed by atoms with van der Waals surface area (Å²) in [5.41, 5.74) is 1.23. The van der Waals surface area contributed by atoms with E-state index in [9.17, 15) is 0 Å². The van der Waals surface area contributed by atoms with E-state index in [1.807, 2.05) is 20.0 Å². The van der Waals surface area contributed by atoms with Gasteiger partial charge < -0.3 is 15.5 Å². The lowest BCUT2D eigenvalue weighted by atomic mass is 10.3. The molecule has 0 aromatic rings. The average molecular weight is 212 g/mol. The number of piperazine rings is 1.